The van der Waals surface area contributed by atoms with Crippen LogP contribution in [0.4, 0.5) is 0 Å². The second-order valence-corrected chi connectivity index (χ2v) is 6.88. The number of carbonyl (C=O) groups is 1. The first-order valence-corrected chi connectivity index (χ1v) is 7.08. The Morgan fingerprint density at radius 2 is 1.83 bits per heavy atom. The van der Waals surface area contributed by atoms with Crippen LogP contribution in [0.15, 0.2) is 12.1 Å². The molecule has 1 heterocycles. The first-order valence-electron chi connectivity index (χ1n) is 6.26. The third-order valence-electron chi connectivity index (χ3n) is 3.87. The van der Waals surface area contributed by atoms with Crippen molar-refractivity contribution >= 4 is 17.3 Å². The molecular formula is C14H23NO2S. The topological polar surface area (TPSA) is 49.3 Å². The monoisotopic (exact) mass is 269 g/mol. The molecule has 0 aliphatic heterocycles. The number of hydrogen-bond acceptors (Lipinski definition) is 3. The summed E-state index contributed by atoms with van der Waals surface area (Å²) in [5, 5.41) is 12.6. The predicted octanol–water partition coefficient (Wildman–Crippen LogP) is 3.29. The average Bonchev–Trinajstić information content (AvgIpc) is 2.74. The lowest BCUT2D eigenvalue weighted by Crippen LogP contribution is -2.54. The van der Waals surface area contributed by atoms with Crippen LogP contribution in [-0.2, 0) is 17.8 Å². The SMILES string of the molecule is CCc1ccc(CNC(C)(C)C(C)(C)C(=O)O)s1. The lowest BCUT2D eigenvalue weighted by atomic mass is 9.74. The molecule has 1 rings (SSSR count). The number of nitrogens with one attached hydrogen (secondary N) is 1. The Morgan fingerprint density at radius 1 is 1.28 bits per heavy atom. The molecule has 18 heavy (non-hydrogen) atoms. The Morgan fingerprint density at radius 3 is 2.28 bits per heavy atom. The molecule has 4 heteroatoms. The highest BCUT2D eigenvalue weighted by atomic mass is 32.1. The van der Waals surface area contributed by atoms with Gasteiger partial charge in [-0.25, -0.2) is 0 Å². The van der Waals surface area contributed by atoms with E-state index in [4.69, 9.17) is 0 Å². The van der Waals surface area contributed by atoms with Crippen molar-refractivity contribution in [3.8, 4) is 0 Å². The van der Waals surface area contributed by atoms with Crippen molar-refractivity contribution in [2.75, 3.05) is 0 Å². The van der Waals surface area contributed by atoms with E-state index >= 15 is 0 Å². The van der Waals surface area contributed by atoms with E-state index in [9.17, 15) is 9.90 Å². The molecule has 1 aromatic rings. The summed E-state index contributed by atoms with van der Waals surface area (Å²) in [6, 6.07) is 4.25. The molecule has 0 spiro atoms. The molecule has 0 aliphatic rings. The first-order chi connectivity index (χ1) is 8.20. The minimum Gasteiger partial charge on any atom is -0.481 e. The average molecular weight is 269 g/mol. The minimum atomic E-state index is -0.808. The predicted molar refractivity (Wildman–Crippen MR) is 76.0 cm³/mol. The van der Waals surface area contributed by atoms with Gasteiger partial charge in [-0.15, -0.1) is 11.3 Å². The largest absolute Gasteiger partial charge is 0.481 e. The van der Waals surface area contributed by atoms with Crippen molar-refractivity contribution in [1.29, 1.82) is 0 Å². The molecule has 0 fully saturated rings. The van der Waals surface area contributed by atoms with E-state index in [1.165, 1.54) is 9.75 Å². The number of rotatable bonds is 6. The van der Waals surface area contributed by atoms with Crippen LogP contribution in [0, 0.1) is 5.41 Å². The molecule has 0 amide bonds. The molecule has 0 aliphatic carbocycles. The molecule has 0 bridgehead atoms. The van der Waals surface area contributed by atoms with Crippen LogP contribution in [0.2, 0.25) is 0 Å². The number of thiophene rings is 1. The molecule has 0 unspecified atom stereocenters. The van der Waals surface area contributed by atoms with Gasteiger partial charge < -0.3 is 10.4 Å². The van der Waals surface area contributed by atoms with Gasteiger partial charge in [0, 0.05) is 21.8 Å². The highest BCUT2D eigenvalue weighted by Crippen LogP contribution is 2.31. The molecule has 1 aromatic heterocycles. The molecule has 0 saturated carbocycles. The maximum absolute atomic E-state index is 11.3. The van der Waals surface area contributed by atoms with Crippen molar-refractivity contribution in [3.05, 3.63) is 21.9 Å². The third kappa shape index (κ3) is 3.12. The van der Waals surface area contributed by atoms with Gasteiger partial charge in [0.15, 0.2) is 0 Å². The van der Waals surface area contributed by atoms with Crippen LogP contribution in [0.3, 0.4) is 0 Å². The van der Waals surface area contributed by atoms with Crippen LogP contribution in [-0.4, -0.2) is 16.6 Å². The quantitative estimate of drug-likeness (QED) is 0.833. The van der Waals surface area contributed by atoms with Crippen molar-refractivity contribution < 1.29 is 9.90 Å². The lowest BCUT2D eigenvalue weighted by molar-refractivity contribution is -0.151. The zero-order valence-electron chi connectivity index (χ0n) is 11.8. The molecule has 0 saturated heterocycles. The van der Waals surface area contributed by atoms with Crippen molar-refractivity contribution in [1.82, 2.24) is 5.32 Å². The van der Waals surface area contributed by atoms with Gasteiger partial charge in [0.2, 0.25) is 0 Å². The summed E-state index contributed by atoms with van der Waals surface area (Å²) in [5.41, 5.74) is -1.27. The van der Waals surface area contributed by atoms with Gasteiger partial charge in [0.1, 0.15) is 0 Å². The number of hydrogen-bond donors (Lipinski definition) is 2. The van der Waals surface area contributed by atoms with Gasteiger partial charge in [0.25, 0.3) is 0 Å². The van der Waals surface area contributed by atoms with Crippen LogP contribution >= 0.6 is 11.3 Å². The second-order valence-electron chi connectivity index (χ2n) is 5.63. The van der Waals surface area contributed by atoms with Gasteiger partial charge in [-0.3, -0.25) is 4.79 Å². The van der Waals surface area contributed by atoms with E-state index in [0.29, 0.717) is 6.54 Å². The number of carboxylic acids is 1. The summed E-state index contributed by atoms with van der Waals surface area (Å²) < 4.78 is 0. The van der Waals surface area contributed by atoms with Gasteiger partial charge in [-0.1, -0.05) is 6.92 Å². The summed E-state index contributed by atoms with van der Waals surface area (Å²) >= 11 is 1.78. The maximum Gasteiger partial charge on any atom is 0.310 e. The number of aryl methyl sites for hydroxylation is 1. The molecule has 2 N–H and O–H groups in total. The van der Waals surface area contributed by atoms with Gasteiger partial charge in [-0.05, 0) is 46.2 Å². The van der Waals surface area contributed by atoms with Gasteiger partial charge in [0.05, 0.1) is 5.41 Å². The van der Waals surface area contributed by atoms with Crippen LogP contribution in [0.1, 0.15) is 44.4 Å². The number of aliphatic carboxylic acids is 1. The third-order valence-corrected chi connectivity index (χ3v) is 5.10. The fourth-order valence-corrected chi connectivity index (χ4v) is 2.40. The molecule has 0 aromatic carbocycles. The van der Waals surface area contributed by atoms with E-state index in [1.807, 2.05) is 13.8 Å². The normalized spacial score (nSPS) is 12.7. The first kappa shape index (κ1) is 15.2. The maximum atomic E-state index is 11.3. The summed E-state index contributed by atoms with van der Waals surface area (Å²) in [6.07, 6.45) is 1.05. The van der Waals surface area contributed by atoms with Crippen molar-refractivity contribution in [2.24, 2.45) is 5.41 Å². The van der Waals surface area contributed by atoms with Crippen molar-refractivity contribution in [3.63, 3.8) is 0 Å². The Labute approximate surface area is 113 Å². The zero-order valence-corrected chi connectivity index (χ0v) is 12.6. The molecule has 0 atom stereocenters. The Kier molecular flexibility index (Phi) is 4.56. The summed E-state index contributed by atoms with van der Waals surface area (Å²) in [4.78, 5) is 13.9. The van der Waals surface area contributed by atoms with E-state index in [-0.39, 0.29) is 0 Å². The summed E-state index contributed by atoms with van der Waals surface area (Å²) in [6.45, 7) is 10.3. The van der Waals surface area contributed by atoms with E-state index in [1.54, 1.807) is 25.2 Å². The van der Waals surface area contributed by atoms with Crippen molar-refractivity contribution in [2.45, 2.75) is 53.1 Å². The Hall–Kier alpha value is -0.870. The second kappa shape index (κ2) is 5.41. The van der Waals surface area contributed by atoms with Crippen LogP contribution in [0.25, 0.3) is 0 Å². The highest BCUT2D eigenvalue weighted by molar-refractivity contribution is 7.11. The fourth-order valence-electron chi connectivity index (χ4n) is 1.50. The lowest BCUT2D eigenvalue weighted by Gasteiger charge is -2.39. The highest BCUT2D eigenvalue weighted by Gasteiger charge is 2.42. The summed E-state index contributed by atoms with van der Waals surface area (Å²) in [5.74, 6) is -0.777. The van der Waals surface area contributed by atoms with Gasteiger partial charge >= 0.3 is 5.97 Å². The Bertz CT molecular complexity index is 421. The fraction of sp³-hybridized carbons (Fsp3) is 0.643. The molecule has 102 valence electrons. The van der Waals surface area contributed by atoms with E-state index < -0.39 is 16.9 Å². The molecule has 0 radical (unpaired) electrons. The van der Waals surface area contributed by atoms with Gasteiger partial charge in [-0.2, -0.15) is 0 Å². The Balaban J connectivity index is 2.69. The molecule has 3 nitrogen and oxygen atoms in total. The minimum absolute atomic E-state index is 0.463. The number of carboxylic acid groups (broad SMARTS) is 1. The van der Waals surface area contributed by atoms with E-state index in [2.05, 4.69) is 24.4 Å². The van der Waals surface area contributed by atoms with Crippen LogP contribution in [0.5, 0.6) is 0 Å². The standard InChI is InChI=1S/C14H23NO2S/c1-6-10-7-8-11(18-10)9-15-14(4,5)13(2,3)12(16)17/h7-8,15H,6,9H2,1-5H3,(H,16,17). The smallest absolute Gasteiger partial charge is 0.310 e. The van der Waals surface area contributed by atoms with E-state index in [0.717, 1.165) is 6.42 Å². The zero-order chi connectivity index (χ0) is 14.0. The van der Waals surface area contributed by atoms with Crippen LogP contribution < -0.4 is 5.32 Å². The molecular weight excluding hydrogens is 246 g/mol. The summed E-state index contributed by atoms with van der Waals surface area (Å²) in [7, 11) is 0.